The van der Waals surface area contributed by atoms with Crippen LogP contribution in [-0.4, -0.2) is 74.6 Å². The predicted octanol–water partition coefficient (Wildman–Crippen LogP) is 4.62. The van der Waals surface area contributed by atoms with Crippen molar-refractivity contribution in [1.82, 2.24) is 39.5 Å². The molecule has 0 saturated heterocycles. The molecule has 40 heavy (non-hydrogen) atoms. The third-order valence-electron chi connectivity index (χ3n) is 7.05. The zero-order valence-corrected chi connectivity index (χ0v) is 26.0. The Morgan fingerprint density at radius 1 is 1.18 bits per heavy atom. The van der Waals surface area contributed by atoms with E-state index in [0.717, 1.165) is 72.6 Å². The molecule has 0 aromatic carbocycles. The van der Waals surface area contributed by atoms with Crippen LogP contribution in [0, 0.1) is 5.92 Å². The van der Waals surface area contributed by atoms with Gasteiger partial charge in [-0.25, -0.2) is 18.4 Å². The van der Waals surface area contributed by atoms with Crippen LogP contribution in [0.4, 0.5) is 5.95 Å². The number of ether oxygens (including phenoxy) is 1. The van der Waals surface area contributed by atoms with Crippen LogP contribution in [0.5, 0.6) is 0 Å². The Hall–Kier alpha value is -2.75. The van der Waals surface area contributed by atoms with E-state index in [2.05, 4.69) is 66.5 Å². The van der Waals surface area contributed by atoms with Crippen molar-refractivity contribution in [3.8, 4) is 11.3 Å². The molecule has 1 saturated carbocycles. The second-order valence-electron chi connectivity index (χ2n) is 11.6. The Morgan fingerprint density at radius 2 is 1.98 bits per heavy atom. The van der Waals surface area contributed by atoms with Crippen molar-refractivity contribution in [3.63, 3.8) is 0 Å². The van der Waals surface area contributed by atoms with Crippen LogP contribution < -0.4 is 4.72 Å². The summed E-state index contributed by atoms with van der Waals surface area (Å²) < 4.78 is 35.1. The number of rotatable bonds is 12. The highest BCUT2D eigenvalue weighted by atomic mass is 32.2. The van der Waals surface area contributed by atoms with Crippen molar-refractivity contribution in [2.45, 2.75) is 69.3 Å². The molecule has 4 heterocycles. The topological polar surface area (TPSA) is 146 Å². The lowest BCUT2D eigenvalue weighted by Crippen LogP contribution is -2.22. The molecule has 1 aliphatic carbocycles. The molecular formula is C25H37N9O3S2Si. The summed E-state index contributed by atoms with van der Waals surface area (Å²) in [5, 5.41) is 14.2. The summed E-state index contributed by atoms with van der Waals surface area (Å²) >= 11 is 1.57. The van der Waals surface area contributed by atoms with E-state index < -0.39 is 18.1 Å². The quantitative estimate of drug-likeness (QED) is 0.135. The molecule has 2 N–H and O–H groups in total. The molecule has 1 aliphatic rings. The number of thioether (sulfide) groups is 1. The van der Waals surface area contributed by atoms with Crippen LogP contribution in [-0.2, 0) is 21.5 Å². The first kappa shape index (κ1) is 28.8. The van der Waals surface area contributed by atoms with Crippen molar-refractivity contribution in [2.24, 2.45) is 5.92 Å². The van der Waals surface area contributed by atoms with Crippen LogP contribution in [0.2, 0.25) is 25.7 Å². The van der Waals surface area contributed by atoms with Crippen molar-refractivity contribution in [2.75, 3.05) is 23.3 Å². The molecule has 0 unspecified atom stereocenters. The Balaban J connectivity index is 1.15. The molecule has 216 valence electrons. The second kappa shape index (κ2) is 12.0. The molecule has 4 aromatic rings. The molecule has 0 spiro atoms. The van der Waals surface area contributed by atoms with Gasteiger partial charge in [-0.3, -0.25) is 9.40 Å². The fourth-order valence-electron chi connectivity index (χ4n) is 4.85. The lowest BCUT2D eigenvalue weighted by Gasteiger charge is -2.28. The first-order valence-electron chi connectivity index (χ1n) is 13.5. The standard InChI is InChI=1S/C25H37N9O3S2Si/c1-39(35,36)32-24-29-25(31-30-24)38-15-18-5-7-20(8-6-18)34-14-19(13-28-34)22-21-9-10-33(23(21)27-16-26-22)17-37-11-12-40(2,3)4/h9-10,13-14,16,18,20H,5-8,11-12,15,17H2,1-4H3,(H2,29,30,31,32)/t18-,20+. The number of nitrogens with one attached hydrogen (secondary N) is 2. The number of hydrogen-bond donors (Lipinski definition) is 2. The fourth-order valence-corrected chi connectivity index (χ4v) is 7.04. The van der Waals surface area contributed by atoms with Crippen molar-refractivity contribution in [1.29, 1.82) is 0 Å². The van der Waals surface area contributed by atoms with Crippen LogP contribution in [0.1, 0.15) is 31.7 Å². The summed E-state index contributed by atoms with van der Waals surface area (Å²) in [6, 6.07) is 3.55. The van der Waals surface area contributed by atoms with Gasteiger partial charge in [0.1, 0.15) is 18.7 Å². The predicted molar refractivity (Wildman–Crippen MR) is 159 cm³/mol. The molecule has 15 heteroatoms. The maximum atomic E-state index is 11.3. The molecule has 0 atom stereocenters. The minimum Gasteiger partial charge on any atom is -0.361 e. The molecule has 0 amide bonds. The van der Waals surface area contributed by atoms with Crippen LogP contribution in [0.3, 0.4) is 0 Å². The number of fused-ring (bicyclic) bond motifs is 1. The van der Waals surface area contributed by atoms with Gasteiger partial charge in [0.2, 0.25) is 16.0 Å². The highest BCUT2D eigenvalue weighted by Crippen LogP contribution is 2.35. The zero-order chi connectivity index (χ0) is 28.3. The average Bonchev–Trinajstić information content (AvgIpc) is 3.64. The SMILES string of the molecule is C[Si](C)(C)CCOCn1ccc2c(-c3cnn([C@H]4CC[C@@H](CSc5nnc(NS(C)(=O)=O)[nH]5)CC4)c3)ncnc21. The first-order chi connectivity index (χ1) is 19.0. The van der Waals surface area contributed by atoms with Crippen LogP contribution in [0.25, 0.3) is 22.3 Å². The van der Waals surface area contributed by atoms with E-state index in [0.29, 0.717) is 23.8 Å². The molecule has 0 aliphatic heterocycles. The van der Waals surface area contributed by atoms with Crippen molar-refractivity contribution >= 4 is 46.8 Å². The summed E-state index contributed by atoms with van der Waals surface area (Å²) in [6.45, 7) is 8.31. The van der Waals surface area contributed by atoms with Crippen LogP contribution >= 0.6 is 11.8 Å². The smallest absolute Gasteiger partial charge is 0.236 e. The number of hydrogen-bond acceptors (Lipinski definition) is 9. The zero-order valence-electron chi connectivity index (χ0n) is 23.4. The van der Waals surface area contributed by atoms with Gasteiger partial charge in [-0.05, 0) is 43.7 Å². The molecular weight excluding hydrogens is 567 g/mol. The first-order valence-corrected chi connectivity index (χ1v) is 20.1. The summed E-state index contributed by atoms with van der Waals surface area (Å²) in [6.07, 6.45) is 13.0. The summed E-state index contributed by atoms with van der Waals surface area (Å²) in [5.74, 6) is 1.61. The Labute approximate surface area is 239 Å². The Morgan fingerprint density at radius 3 is 2.73 bits per heavy atom. The van der Waals surface area contributed by atoms with Gasteiger partial charge < -0.3 is 14.3 Å². The van der Waals surface area contributed by atoms with E-state index in [4.69, 9.17) is 9.84 Å². The summed E-state index contributed by atoms with van der Waals surface area (Å²) in [7, 11) is -4.50. The van der Waals surface area contributed by atoms with E-state index in [1.807, 2.05) is 17.0 Å². The molecule has 5 rings (SSSR count). The number of nitrogens with zero attached hydrogens (tertiary/aromatic N) is 7. The van der Waals surface area contributed by atoms with Gasteiger partial charge in [0.25, 0.3) is 0 Å². The number of aromatic amines is 1. The molecule has 1 fully saturated rings. The summed E-state index contributed by atoms with van der Waals surface area (Å²) in [5.41, 5.74) is 2.75. The highest BCUT2D eigenvalue weighted by molar-refractivity contribution is 7.99. The minimum atomic E-state index is -3.38. The van der Waals surface area contributed by atoms with Crippen molar-refractivity contribution < 1.29 is 13.2 Å². The number of H-pyrrole nitrogens is 1. The van der Waals surface area contributed by atoms with Gasteiger partial charge in [-0.15, -0.1) is 10.2 Å². The van der Waals surface area contributed by atoms with Gasteiger partial charge >= 0.3 is 0 Å². The molecule has 12 nitrogen and oxygen atoms in total. The van der Waals surface area contributed by atoms with Crippen molar-refractivity contribution in [3.05, 3.63) is 31.0 Å². The van der Waals surface area contributed by atoms with Gasteiger partial charge in [0, 0.05) is 43.8 Å². The third kappa shape index (κ3) is 7.50. The van der Waals surface area contributed by atoms with E-state index in [1.54, 1.807) is 18.1 Å². The monoisotopic (exact) mass is 603 g/mol. The fraction of sp³-hybridized carbons (Fsp3) is 0.560. The van der Waals surface area contributed by atoms with E-state index in [9.17, 15) is 8.42 Å². The molecule has 0 bridgehead atoms. The normalized spacial score (nSPS) is 18.4. The Kier molecular flexibility index (Phi) is 8.63. The second-order valence-corrected chi connectivity index (χ2v) is 20.0. The third-order valence-corrected chi connectivity index (χ3v) is 10.4. The van der Waals surface area contributed by atoms with E-state index in [1.165, 1.54) is 0 Å². The molecule has 0 radical (unpaired) electrons. The van der Waals surface area contributed by atoms with Gasteiger partial charge in [0.15, 0.2) is 5.16 Å². The van der Waals surface area contributed by atoms with Crippen LogP contribution in [0.15, 0.2) is 36.1 Å². The number of aromatic nitrogens is 8. The largest absolute Gasteiger partial charge is 0.361 e. The average molecular weight is 604 g/mol. The van der Waals surface area contributed by atoms with E-state index in [-0.39, 0.29) is 5.95 Å². The maximum absolute atomic E-state index is 11.3. The minimum absolute atomic E-state index is 0.145. The summed E-state index contributed by atoms with van der Waals surface area (Å²) in [4.78, 5) is 12.0. The van der Waals surface area contributed by atoms with Gasteiger partial charge in [-0.2, -0.15) is 5.10 Å². The van der Waals surface area contributed by atoms with E-state index >= 15 is 0 Å². The van der Waals surface area contributed by atoms with Gasteiger partial charge in [0.05, 0.1) is 24.2 Å². The number of anilines is 1. The lowest BCUT2D eigenvalue weighted by molar-refractivity contribution is 0.0899. The lowest BCUT2D eigenvalue weighted by atomic mass is 9.87. The maximum Gasteiger partial charge on any atom is 0.236 e. The highest BCUT2D eigenvalue weighted by Gasteiger charge is 2.24. The number of sulfonamides is 1. The molecule has 4 aromatic heterocycles. The Bertz CT molecular complexity index is 1540. The van der Waals surface area contributed by atoms with Gasteiger partial charge in [-0.1, -0.05) is 31.4 Å².